The minimum Gasteiger partial charge on any atom is -0.484 e. The molecule has 2 aromatic carbocycles. The third-order valence-corrected chi connectivity index (χ3v) is 6.23. The Bertz CT molecular complexity index is 1200. The molecule has 0 spiro atoms. The number of esters is 1. The lowest BCUT2D eigenvalue weighted by Gasteiger charge is -2.21. The number of benzene rings is 2. The van der Waals surface area contributed by atoms with Crippen LogP contribution < -0.4 is 15.0 Å². The van der Waals surface area contributed by atoms with E-state index < -0.39 is 11.8 Å². The molecule has 2 heterocycles. The van der Waals surface area contributed by atoms with Gasteiger partial charge in [-0.25, -0.2) is 4.79 Å². The zero-order chi connectivity index (χ0) is 25.7. The zero-order valence-electron chi connectivity index (χ0n) is 20.1. The number of ether oxygens (including phenoxy) is 3. The molecule has 0 saturated carbocycles. The van der Waals surface area contributed by atoms with Gasteiger partial charge in [0.25, 0.3) is 5.91 Å². The summed E-state index contributed by atoms with van der Waals surface area (Å²) < 4.78 is 15.9. The van der Waals surface area contributed by atoms with Crippen LogP contribution in [0.25, 0.3) is 6.08 Å². The number of nitrogens with one attached hydrogen (secondary N) is 1. The van der Waals surface area contributed by atoms with Gasteiger partial charge in [0.2, 0.25) is 5.78 Å². The van der Waals surface area contributed by atoms with Crippen molar-refractivity contribution in [2.24, 2.45) is 0 Å². The van der Waals surface area contributed by atoms with Crippen LogP contribution in [0.4, 0.5) is 5.69 Å². The predicted octanol–water partition coefficient (Wildman–Crippen LogP) is 3.89. The van der Waals surface area contributed by atoms with E-state index in [0.717, 1.165) is 19.4 Å². The average molecular weight is 511 g/mol. The highest BCUT2D eigenvalue weighted by Gasteiger charge is 2.38. The lowest BCUT2D eigenvalue weighted by molar-refractivity contribution is -0.137. The second kappa shape index (κ2) is 11.4. The fraction of sp³-hybridized carbons (Fsp3) is 0.296. The topological polar surface area (TPSA) is 94.2 Å². The van der Waals surface area contributed by atoms with Crippen LogP contribution in [0.2, 0.25) is 5.02 Å². The van der Waals surface area contributed by atoms with Crippen molar-refractivity contribution in [1.82, 2.24) is 5.32 Å². The third kappa shape index (κ3) is 5.78. The van der Waals surface area contributed by atoms with Crippen molar-refractivity contribution in [2.75, 3.05) is 31.8 Å². The Balaban J connectivity index is 1.47. The van der Waals surface area contributed by atoms with Crippen LogP contribution in [0.3, 0.4) is 0 Å². The number of carbonyl (C=O) groups is 3. The summed E-state index contributed by atoms with van der Waals surface area (Å²) in [5.74, 6) is -0.830. The molecular weight excluding hydrogens is 484 g/mol. The highest BCUT2D eigenvalue weighted by Crippen LogP contribution is 2.36. The number of methoxy groups -OCH3 is 1. The molecule has 2 aromatic rings. The fourth-order valence-electron chi connectivity index (χ4n) is 4.13. The summed E-state index contributed by atoms with van der Waals surface area (Å²) >= 11 is 6.03. The molecule has 9 heteroatoms. The van der Waals surface area contributed by atoms with Crippen LogP contribution in [0.1, 0.15) is 25.3 Å². The average Bonchev–Trinajstić information content (AvgIpc) is 3.49. The maximum atomic E-state index is 13.2. The fourth-order valence-corrected chi connectivity index (χ4v) is 4.26. The maximum Gasteiger partial charge on any atom is 0.343 e. The molecule has 1 saturated heterocycles. The largest absolute Gasteiger partial charge is 0.484 e. The van der Waals surface area contributed by atoms with E-state index in [1.54, 1.807) is 66.4 Å². The van der Waals surface area contributed by atoms with Gasteiger partial charge in [-0.2, -0.15) is 0 Å². The highest BCUT2D eigenvalue weighted by atomic mass is 35.5. The number of nitrogens with zero attached hydrogens (tertiary/aromatic N) is 1. The van der Waals surface area contributed by atoms with Gasteiger partial charge in [-0.15, -0.1) is 0 Å². The second-order valence-electron chi connectivity index (χ2n) is 8.42. The molecule has 2 aliphatic rings. The molecule has 8 nitrogen and oxygen atoms in total. The van der Waals surface area contributed by atoms with Crippen molar-refractivity contribution in [3.05, 3.63) is 76.1 Å². The molecule has 0 unspecified atom stereocenters. The Kier molecular flexibility index (Phi) is 8.07. The summed E-state index contributed by atoms with van der Waals surface area (Å²) in [4.78, 5) is 39.3. The van der Waals surface area contributed by atoms with Crippen LogP contribution in [0.15, 0.2) is 65.5 Å². The molecular formula is C27H27ClN2O6. The molecule has 1 atom stereocenters. The Labute approximate surface area is 214 Å². The molecule has 0 aliphatic carbocycles. The van der Waals surface area contributed by atoms with Gasteiger partial charge in [0.05, 0.1) is 18.9 Å². The number of amides is 1. The van der Waals surface area contributed by atoms with E-state index in [2.05, 4.69) is 5.32 Å². The first-order valence-corrected chi connectivity index (χ1v) is 12.0. The van der Waals surface area contributed by atoms with Crippen LogP contribution in [-0.2, 0) is 23.9 Å². The number of ketones is 1. The molecule has 188 valence electrons. The highest BCUT2D eigenvalue weighted by molar-refractivity contribution is 6.31. The lowest BCUT2D eigenvalue weighted by Crippen LogP contribution is -2.35. The first-order valence-electron chi connectivity index (χ1n) is 11.6. The van der Waals surface area contributed by atoms with Gasteiger partial charge in [0.15, 0.2) is 6.61 Å². The molecule has 1 amide bonds. The van der Waals surface area contributed by atoms with E-state index in [4.69, 9.17) is 25.8 Å². The van der Waals surface area contributed by atoms with Gasteiger partial charge in [-0.3, -0.25) is 9.59 Å². The second-order valence-corrected chi connectivity index (χ2v) is 8.86. The Morgan fingerprint density at radius 2 is 1.89 bits per heavy atom. The summed E-state index contributed by atoms with van der Waals surface area (Å²) in [7, 11) is 1.24. The summed E-state index contributed by atoms with van der Waals surface area (Å²) in [6.45, 7) is 2.80. The van der Waals surface area contributed by atoms with Gasteiger partial charge >= 0.3 is 5.97 Å². The normalized spacial score (nSPS) is 18.6. The van der Waals surface area contributed by atoms with Crippen molar-refractivity contribution in [2.45, 2.75) is 25.9 Å². The number of rotatable bonds is 8. The number of hydrogen-bond donors (Lipinski definition) is 1. The van der Waals surface area contributed by atoms with Gasteiger partial charge in [0.1, 0.15) is 11.3 Å². The zero-order valence-corrected chi connectivity index (χ0v) is 20.8. The number of carbonyl (C=O) groups excluding carboxylic acids is 3. The van der Waals surface area contributed by atoms with E-state index in [9.17, 15) is 14.4 Å². The Morgan fingerprint density at radius 3 is 2.53 bits per heavy atom. The summed E-state index contributed by atoms with van der Waals surface area (Å²) in [6, 6.07) is 13.9. The summed E-state index contributed by atoms with van der Waals surface area (Å²) in [6.07, 6.45) is 3.73. The molecule has 1 N–H and O–H groups in total. The summed E-state index contributed by atoms with van der Waals surface area (Å²) in [5, 5.41) is 3.37. The predicted molar refractivity (Wildman–Crippen MR) is 136 cm³/mol. The van der Waals surface area contributed by atoms with Gasteiger partial charge < -0.3 is 24.4 Å². The summed E-state index contributed by atoms with van der Waals surface area (Å²) in [5.41, 5.74) is 2.15. The van der Waals surface area contributed by atoms with E-state index >= 15 is 0 Å². The van der Waals surface area contributed by atoms with Crippen molar-refractivity contribution in [1.29, 1.82) is 0 Å². The van der Waals surface area contributed by atoms with Crippen LogP contribution in [0.5, 0.6) is 5.75 Å². The maximum absolute atomic E-state index is 13.2. The van der Waals surface area contributed by atoms with E-state index in [1.165, 1.54) is 7.11 Å². The number of halogens is 1. The minimum absolute atomic E-state index is 0.0207. The molecule has 4 rings (SSSR count). The molecule has 1 fully saturated rings. The van der Waals surface area contributed by atoms with Crippen molar-refractivity contribution in [3.8, 4) is 5.75 Å². The van der Waals surface area contributed by atoms with Crippen LogP contribution >= 0.6 is 11.6 Å². The van der Waals surface area contributed by atoms with Gasteiger partial charge in [0, 0.05) is 29.6 Å². The Hall–Kier alpha value is -3.62. The van der Waals surface area contributed by atoms with Gasteiger partial charge in [-0.05, 0) is 67.8 Å². The van der Waals surface area contributed by atoms with Crippen LogP contribution in [0, 0.1) is 0 Å². The minimum atomic E-state index is -0.693. The quantitative estimate of drug-likeness (QED) is 0.327. The Morgan fingerprint density at radius 1 is 1.17 bits per heavy atom. The SMILES string of the molecule is COC(=O)C1=C(C)N(c2ccc(Cl)cc2)/C(=C\c2ccc(OCC(=O)NC[C@@H]3CCCO3)cc2)C1=O. The van der Waals surface area contributed by atoms with Crippen molar-refractivity contribution in [3.63, 3.8) is 0 Å². The molecule has 0 radical (unpaired) electrons. The number of hydrogen-bond acceptors (Lipinski definition) is 7. The standard InChI is InChI=1S/C27H27ClN2O6/c1-17-25(27(33)34-2)26(32)23(30(17)20-9-7-19(28)8-10-20)14-18-5-11-21(12-6-18)36-16-24(31)29-15-22-4-3-13-35-22/h5-12,14,22H,3-4,13,15-16H2,1-2H3,(H,29,31)/b23-14-/t22-/m0/s1. The van der Waals surface area contributed by atoms with Crippen molar-refractivity contribution >= 4 is 41.0 Å². The molecule has 2 aliphatic heterocycles. The van der Waals surface area contributed by atoms with Crippen molar-refractivity contribution < 1.29 is 28.6 Å². The lowest BCUT2D eigenvalue weighted by atomic mass is 10.1. The third-order valence-electron chi connectivity index (χ3n) is 5.98. The van der Waals surface area contributed by atoms with Gasteiger partial charge in [-0.1, -0.05) is 23.7 Å². The molecule has 0 bridgehead atoms. The molecule has 0 aromatic heterocycles. The first-order chi connectivity index (χ1) is 17.4. The number of allylic oxidation sites excluding steroid dienone is 2. The number of Topliss-reactive ketones (excluding diaryl/α,β-unsaturated/α-hetero) is 1. The smallest absolute Gasteiger partial charge is 0.343 e. The van der Waals surface area contributed by atoms with Crippen LogP contribution in [-0.4, -0.2) is 50.6 Å². The van der Waals surface area contributed by atoms with E-state index in [0.29, 0.717) is 40.0 Å². The monoisotopic (exact) mass is 510 g/mol. The van der Waals surface area contributed by atoms with E-state index in [1.807, 2.05) is 0 Å². The first kappa shape index (κ1) is 25.5. The molecule has 36 heavy (non-hydrogen) atoms. The van der Waals surface area contributed by atoms with E-state index in [-0.39, 0.29) is 24.2 Å². The number of anilines is 1.